The summed E-state index contributed by atoms with van der Waals surface area (Å²) >= 11 is 16.8. The molecule has 1 unspecified atom stereocenters. The van der Waals surface area contributed by atoms with Crippen molar-refractivity contribution in [2.45, 2.75) is 23.1 Å². The molecule has 56 valence electrons. The molecule has 0 saturated carbocycles. The number of rotatable bonds is 3. The van der Waals surface area contributed by atoms with E-state index in [1.165, 1.54) is 0 Å². The van der Waals surface area contributed by atoms with Crippen molar-refractivity contribution in [3.05, 3.63) is 0 Å². The first-order valence-corrected chi connectivity index (χ1v) is 3.80. The van der Waals surface area contributed by atoms with Crippen molar-refractivity contribution in [2.75, 3.05) is 6.61 Å². The van der Waals surface area contributed by atoms with Crippen LogP contribution in [0.2, 0.25) is 0 Å². The van der Waals surface area contributed by atoms with Gasteiger partial charge in [0, 0.05) is 6.61 Å². The van der Waals surface area contributed by atoms with Crippen LogP contribution in [0.25, 0.3) is 0 Å². The predicted molar refractivity (Wildman–Crippen MR) is 41.5 cm³/mol. The molecule has 1 nitrogen and oxygen atoms in total. The third-order valence-electron chi connectivity index (χ3n) is 0.933. The maximum absolute atomic E-state index is 8.40. The van der Waals surface area contributed by atoms with Gasteiger partial charge in [-0.1, -0.05) is 0 Å². The lowest BCUT2D eigenvalue weighted by Crippen LogP contribution is -2.23. The molecule has 1 N–H and O–H groups in total. The van der Waals surface area contributed by atoms with Gasteiger partial charge in [0.15, 0.2) is 0 Å². The van der Waals surface area contributed by atoms with E-state index in [1.807, 2.05) is 0 Å². The molecular weight excluding hydrogens is 182 g/mol. The van der Waals surface area contributed by atoms with Gasteiger partial charge < -0.3 is 5.11 Å². The Morgan fingerprint density at radius 3 is 2.11 bits per heavy atom. The lowest BCUT2D eigenvalue weighted by Gasteiger charge is -2.18. The van der Waals surface area contributed by atoms with E-state index in [0.29, 0.717) is 6.42 Å². The van der Waals surface area contributed by atoms with E-state index in [1.54, 1.807) is 6.92 Å². The van der Waals surface area contributed by atoms with Crippen molar-refractivity contribution in [3.63, 3.8) is 0 Å². The molecule has 0 aromatic rings. The molecule has 0 heterocycles. The van der Waals surface area contributed by atoms with Crippen molar-refractivity contribution < 1.29 is 5.11 Å². The summed E-state index contributed by atoms with van der Waals surface area (Å²) in [5, 5.41) is 8.01. The molecule has 0 fully saturated rings. The first-order chi connectivity index (χ1) is 3.98. The van der Waals surface area contributed by atoms with Gasteiger partial charge in [0.05, 0.1) is 5.38 Å². The Kier molecular flexibility index (Phi) is 4.22. The average molecular weight is 191 g/mol. The monoisotopic (exact) mass is 190 g/mol. The highest BCUT2D eigenvalue weighted by Gasteiger charge is 2.26. The molecule has 0 radical (unpaired) electrons. The fourth-order valence-electron chi connectivity index (χ4n) is 0.367. The summed E-state index contributed by atoms with van der Waals surface area (Å²) in [6, 6.07) is 0. The summed E-state index contributed by atoms with van der Waals surface area (Å²) in [7, 11) is 0. The van der Waals surface area contributed by atoms with Gasteiger partial charge in [0.25, 0.3) is 0 Å². The molecule has 0 bridgehead atoms. The zero-order chi connectivity index (χ0) is 7.49. The van der Waals surface area contributed by atoms with Crippen molar-refractivity contribution >= 4 is 34.8 Å². The minimum atomic E-state index is -0.940. The van der Waals surface area contributed by atoms with Gasteiger partial charge in [-0.05, 0) is 13.3 Å². The largest absolute Gasteiger partial charge is 0.396 e. The van der Waals surface area contributed by atoms with Crippen molar-refractivity contribution in [2.24, 2.45) is 0 Å². The summed E-state index contributed by atoms with van der Waals surface area (Å²) < 4.78 is -0.940. The lowest BCUT2D eigenvalue weighted by atomic mass is 10.2. The van der Waals surface area contributed by atoms with Gasteiger partial charge in [0.2, 0.25) is 0 Å². The molecule has 1 atom stereocenters. The number of halogens is 3. The Hall–Kier alpha value is 0.830. The van der Waals surface area contributed by atoms with E-state index in [0.717, 1.165) is 0 Å². The highest BCUT2D eigenvalue weighted by molar-refractivity contribution is 6.52. The number of hydrogen-bond acceptors (Lipinski definition) is 1. The van der Waals surface area contributed by atoms with E-state index >= 15 is 0 Å². The minimum Gasteiger partial charge on any atom is -0.396 e. The van der Waals surface area contributed by atoms with Crippen molar-refractivity contribution in [1.29, 1.82) is 0 Å². The molecule has 0 aromatic heterocycles. The average Bonchev–Trinajstić information content (AvgIpc) is 1.64. The van der Waals surface area contributed by atoms with Crippen LogP contribution in [0.5, 0.6) is 0 Å². The van der Waals surface area contributed by atoms with E-state index < -0.39 is 4.33 Å². The van der Waals surface area contributed by atoms with Crippen molar-refractivity contribution in [3.8, 4) is 0 Å². The van der Waals surface area contributed by atoms with Crippen LogP contribution in [-0.4, -0.2) is 21.4 Å². The molecular formula is C5H9Cl3O. The van der Waals surface area contributed by atoms with Crippen LogP contribution in [0, 0.1) is 0 Å². The SMILES string of the molecule is CC(Cl)(Cl)C(Cl)CCO. The Bertz CT molecular complexity index is 78.8. The Morgan fingerprint density at radius 1 is 1.56 bits per heavy atom. The van der Waals surface area contributed by atoms with E-state index in [4.69, 9.17) is 39.9 Å². The molecule has 0 aliphatic carbocycles. The van der Waals surface area contributed by atoms with E-state index in [2.05, 4.69) is 0 Å². The zero-order valence-corrected chi connectivity index (χ0v) is 7.34. The third kappa shape index (κ3) is 4.26. The standard InChI is InChI=1S/C5H9Cl3O/c1-5(7,8)4(6)2-3-9/h4,9H,2-3H2,1H3. The summed E-state index contributed by atoms with van der Waals surface area (Å²) in [6.45, 7) is 1.62. The van der Waals surface area contributed by atoms with Gasteiger partial charge in [-0.3, -0.25) is 0 Å². The van der Waals surface area contributed by atoms with Crippen LogP contribution in [0.4, 0.5) is 0 Å². The molecule has 0 saturated heterocycles. The number of aliphatic hydroxyl groups is 1. The third-order valence-corrected chi connectivity index (χ3v) is 2.34. The summed E-state index contributed by atoms with van der Waals surface area (Å²) in [5.74, 6) is 0. The summed E-state index contributed by atoms with van der Waals surface area (Å²) in [6.07, 6.45) is 0.422. The lowest BCUT2D eigenvalue weighted by molar-refractivity contribution is 0.284. The van der Waals surface area contributed by atoms with E-state index in [9.17, 15) is 0 Å². The maximum atomic E-state index is 8.40. The second-order valence-corrected chi connectivity index (χ2v) is 4.23. The van der Waals surface area contributed by atoms with Gasteiger partial charge in [-0.25, -0.2) is 0 Å². The maximum Gasteiger partial charge on any atom is 0.131 e. The first-order valence-electron chi connectivity index (χ1n) is 2.61. The molecule has 0 aliphatic rings. The predicted octanol–water partition coefficient (Wildman–Crippen LogP) is 2.17. The summed E-state index contributed by atoms with van der Waals surface area (Å²) in [4.78, 5) is 0. The fourth-order valence-corrected chi connectivity index (χ4v) is 0.683. The Morgan fingerprint density at radius 2 is 2.00 bits per heavy atom. The minimum absolute atomic E-state index is 0.0171. The van der Waals surface area contributed by atoms with Gasteiger partial charge in [-0.2, -0.15) is 0 Å². The first kappa shape index (κ1) is 9.83. The highest BCUT2D eigenvalue weighted by Crippen LogP contribution is 2.30. The fraction of sp³-hybridized carbons (Fsp3) is 1.00. The van der Waals surface area contributed by atoms with Gasteiger partial charge >= 0.3 is 0 Å². The molecule has 0 aliphatic heterocycles. The highest BCUT2D eigenvalue weighted by atomic mass is 35.5. The summed E-state index contributed by atoms with van der Waals surface area (Å²) in [5.41, 5.74) is 0. The topological polar surface area (TPSA) is 20.2 Å². The molecule has 0 rings (SSSR count). The van der Waals surface area contributed by atoms with Crippen LogP contribution >= 0.6 is 34.8 Å². The molecule has 4 heteroatoms. The normalized spacial score (nSPS) is 15.7. The quantitative estimate of drug-likeness (QED) is 0.678. The van der Waals surface area contributed by atoms with Crippen LogP contribution in [0.3, 0.4) is 0 Å². The van der Waals surface area contributed by atoms with Crippen molar-refractivity contribution in [1.82, 2.24) is 0 Å². The number of aliphatic hydroxyl groups excluding tert-OH is 1. The van der Waals surface area contributed by atoms with E-state index in [-0.39, 0.29) is 12.0 Å². The molecule has 0 aromatic carbocycles. The van der Waals surface area contributed by atoms with Crippen LogP contribution < -0.4 is 0 Å². The molecule has 0 spiro atoms. The molecule has 0 amide bonds. The van der Waals surface area contributed by atoms with Crippen LogP contribution in [0.1, 0.15) is 13.3 Å². The second-order valence-electron chi connectivity index (χ2n) is 1.94. The van der Waals surface area contributed by atoms with Gasteiger partial charge in [-0.15, -0.1) is 34.8 Å². The Labute approximate surface area is 69.9 Å². The Balaban J connectivity index is 3.59. The van der Waals surface area contributed by atoms with Crippen LogP contribution in [0.15, 0.2) is 0 Å². The van der Waals surface area contributed by atoms with Crippen LogP contribution in [-0.2, 0) is 0 Å². The number of alkyl halides is 3. The molecule has 9 heavy (non-hydrogen) atoms. The zero-order valence-electron chi connectivity index (χ0n) is 5.07. The second kappa shape index (κ2) is 3.87. The van der Waals surface area contributed by atoms with Gasteiger partial charge in [0.1, 0.15) is 4.33 Å². The number of hydrogen-bond donors (Lipinski definition) is 1. The smallest absolute Gasteiger partial charge is 0.131 e.